The molecule has 0 radical (unpaired) electrons. The number of hydrogen-bond donors (Lipinski definition) is 2. The number of aryl methyl sites for hydroxylation is 1. The zero-order chi connectivity index (χ0) is 19.6. The number of nitrogens with two attached hydrogens (primary N) is 1. The van der Waals surface area contributed by atoms with Gasteiger partial charge in [0.2, 0.25) is 5.91 Å². The van der Waals surface area contributed by atoms with E-state index >= 15 is 0 Å². The fourth-order valence-electron chi connectivity index (χ4n) is 2.72. The van der Waals surface area contributed by atoms with Crippen molar-refractivity contribution in [1.82, 2.24) is 5.32 Å². The lowest BCUT2D eigenvalue weighted by Gasteiger charge is -2.22. The average Bonchev–Trinajstić information content (AvgIpc) is 2.95. The van der Waals surface area contributed by atoms with E-state index in [0.29, 0.717) is 17.9 Å². The SMILES string of the molecule is Cc1sc2ccc(OCc3ccccc3)cc2c1C(=O)NC(C)(C)C(N)=O. The Morgan fingerprint density at radius 3 is 2.52 bits per heavy atom. The first-order valence-corrected chi connectivity index (χ1v) is 9.42. The van der Waals surface area contributed by atoms with Crippen LogP contribution in [0.4, 0.5) is 0 Å². The molecule has 27 heavy (non-hydrogen) atoms. The monoisotopic (exact) mass is 382 g/mol. The van der Waals surface area contributed by atoms with E-state index in [0.717, 1.165) is 20.5 Å². The molecule has 0 unspecified atom stereocenters. The first-order valence-electron chi connectivity index (χ1n) is 8.60. The molecule has 0 atom stereocenters. The molecular weight excluding hydrogens is 360 g/mol. The summed E-state index contributed by atoms with van der Waals surface area (Å²) in [5, 5.41) is 3.53. The zero-order valence-electron chi connectivity index (χ0n) is 15.5. The van der Waals surface area contributed by atoms with Gasteiger partial charge in [0.25, 0.3) is 5.91 Å². The number of hydrogen-bond acceptors (Lipinski definition) is 4. The van der Waals surface area contributed by atoms with Crippen LogP contribution in [0.15, 0.2) is 48.5 Å². The number of carbonyl (C=O) groups is 2. The highest BCUT2D eigenvalue weighted by atomic mass is 32.1. The Hall–Kier alpha value is -2.86. The van der Waals surface area contributed by atoms with Crippen LogP contribution in [-0.4, -0.2) is 17.4 Å². The van der Waals surface area contributed by atoms with Crippen LogP contribution in [-0.2, 0) is 11.4 Å². The van der Waals surface area contributed by atoms with Gasteiger partial charge in [0.1, 0.15) is 17.9 Å². The van der Waals surface area contributed by atoms with Crippen molar-refractivity contribution < 1.29 is 14.3 Å². The van der Waals surface area contributed by atoms with Gasteiger partial charge in [-0.2, -0.15) is 0 Å². The second kappa shape index (κ2) is 7.40. The summed E-state index contributed by atoms with van der Waals surface area (Å²) in [4.78, 5) is 25.2. The molecule has 0 fully saturated rings. The quantitative estimate of drug-likeness (QED) is 0.681. The Bertz CT molecular complexity index is 993. The molecule has 0 aliphatic rings. The van der Waals surface area contributed by atoms with Crippen LogP contribution in [0.1, 0.15) is 34.6 Å². The molecule has 0 bridgehead atoms. The molecule has 6 heteroatoms. The van der Waals surface area contributed by atoms with E-state index in [1.807, 2.05) is 55.5 Å². The summed E-state index contributed by atoms with van der Waals surface area (Å²) < 4.78 is 6.87. The maximum absolute atomic E-state index is 12.8. The second-order valence-electron chi connectivity index (χ2n) is 6.91. The van der Waals surface area contributed by atoms with Gasteiger partial charge in [-0.25, -0.2) is 0 Å². The first-order chi connectivity index (χ1) is 12.8. The Balaban J connectivity index is 1.88. The lowest BCUT2D eigenvalue weighted by molar-refractivity contribution is -0.122. The summed E-state index contributed by atoms with van der Waals surface area (Å²) in [5.74, 6) is -0.213. The third kappa shape index (κ3) is 4.11. The molecule has 3 N–H and O–H groups in total. The standard InChI is InChI=1S/C21H22N2O3S/c1-13-18(19(24)23-21(2,3)20(22)25)16-11-15(9-10-17(16)27-13)26-12-14-7-5-4-6-8-14/h4-11H,12H2,1-3H3,(H2,22,25)(H,23,24). The molecule has 140 valence electrons. The molecule has 2 aromatic carbocycles. The maximum atomic E-state index is 12.8. The Kier molecular flexibility index (Phi) is 5.19. The molecule has 0 aliphatic carbocycles. The molecule has 2 amide bonds. The highest BCUT2D eigenvalue weighted by molar-refractivity contribution is 7.19. The van der Waals surface area contributed by atoms with Crippen molar-refractivity contribution >= 4 is 33.2 Å². The van der Waals surface area contributed by atoms with Gasteiger partial charge in [0.05, 0.1) is 5.56 Å². The first kappa shape index (κ1) is 18.9. The molecule has 0 saturated carbocycles. The third-order valence-corrected chi connectivity index (χ3v) is 5.44. The van der Waals surface area contributed by atoms with Crippen LogP contribution < -0.4 is 15.8 Å². The third-order valence-electron chi connectivity index (χ3n) is 4.35. The number of amides is 2. The van der Waals surface area contributed by atoms with E-state index in [2.05, 4.69) is 5.32 Å². The molecule has 0 spiro atoms. The van der Waals surface area contributed by atoms with Gasteiger partial charge in [0, 0.05) is 15.0 Å². The molecule has 0 saturated heterocycles. The van der Waals surface area contributed by atoms with Crippen molar-refractivity contribution in [3.8, 4) is 5.75 Å². The Morgan fingerprint density at radius 1 is 1.15 bits per heavy atom. The number of carbonyl (C=O) groups excluding carboxylic acids is 2. The fourth-order valence-corrected chi connectivity index (χ4v) is 3.76. The van der Waals surface area contributed by atoms with Crippen molar-refractivity contribution in [2.45, 2.75) is 32.9 Å². The average molecular weight is 382 g/mol. The Morgan fingerprint density at radius 2 is 1.85 bits per heavy atom. The summed E-state index contributed by atoms with van der Waals surface area (Å²) >= 11 is 1.53. The normalized spacial score (nSPS) is 11.4. The van der Waals surface area contributed by atoms with Crippen molar-refractivity contribution in [3.63, 3.8) is 0 Å². The second-order valence-corrected chi connectivity index (χ2v) is 8.17. The summed E-state index contributed by atoms with van der Waals surface area (Å²) in [6, 6.07) is 15.6. The van der Waals surface area contributed by atoms with Gasteiger partial charge >= 0.3 is 0 Å². The van der Waals surface area contributed by atoms with Crippen LogP contribution >= 0.6 is 11.3 Å². The summed E-state index contributed by atoms with van der Waals surface area (Å²) in [6.07, 6.45) is 0. The van der Waals surface area contributed by atoms with Crippen LogP contribution in [0.2, 0.25) is 0 Å². The van der Waals surface area contributed by atoms with Crippen LogP contribution in [0.5, 0.6) is 5.75 Å². The number of thiophene rings is 1. The minimum Gasteiger partial charge on any atom is -0.489 e. The van der Waals surface area contributed by atoms with E-state index in [-0.39, 0.29) is 5.91 Å². The van der Waals surface area contributed by atoms with E-state index in [1.54, 1.807) is 13.8 Å². The number of nitrogens with one attached hydrogen (secondary N) is 1. The van der Waals surface area contributed by atoms with Crippen LogP contribution in [0, 0.1) is 6.92 Å². The zero-order valence-corrected chi connectivity index (χ0v) is 16.4. The lowest BCUT2D eigenvalue weighted by atomic mass is 10.0. The van der Waals surface area contributed by atoms with Crippen molar-refractivity contribution in [2.24, 2.45) is 5.73 Å². The number of benzene rings is 2. The minimum atomic E-state index is -1.13. The van der Waals surface area contributed by atoms with Gasteiger partial charge in [0.15, 0.2) is 0 Å². The minimum absolute atomic E-state index is 0.317. The number of fused-ring (bicyclic) bond motifs is 1. The van der Waals surface area contributed by atoms with Crippen molar-refractivity contribution in [2.75, 3.05) is 0 Å². The largest absolute Gasteiger partial charge is 0.489 e. The molecular formula is C21H22N2O3S. The molecule has 1 heterocycles. The topological polar surface area (TPSA) is 81.4 Å². The fraction of sp³-hybridized carbons (Fsp3) is 0.238. The van der Waals surface area contributed by atoms with Crippen molar-refractivity contribution in [1.29, 1.82) is 0 Å². The Labute approximate surface area is 162 Å². The van der Waals surface area contributed by atoms with Gasteiger partial charge in [-0.1, -0.05) is 30.3 Å². The van der Waals surface area contributed by atoms with Crippen molar-refractivity contribution in [3.05, 3.63) is 64.5 Å². The smallest absolute Gasteiger partial charge is 0.253 e. The van der Waals surface area contributed by atoms with Gasteiger partial charge in [-0.15, -0.1) is 11.3 Å². The number of rotatable bonds is 6. The van der Waals surface area contributed by atoms with Gasteiger partial charge in [-0.05, 0) is 44.5 Å². The highest BCUT2D eigenvalue weighted by Crippen LogP contribution is 2.34. The highest BCUT2D eigenvalue weighted by Gasteiger charge is 2.29. The van der Waals surface area contributed by atoms with Crippen LogP contribution in [0.3, 0.4) is 0 Å². The maximum Gasteiger partial charge on any atom is 0.253 e. The number of ether oxygens (including phenoxy) is 1. The summed E-state index contributed by atoms with van der Waals surface area (Å²) in [6.45, 7) is 5.52. The molecule has 5 nitrogen and oxygen atoms in total. The summed E-state index contributed by atoms with van der Waals surface area (Å²) in [5.41, 5.74) is 5.86. The predicted octanol–water partition coefficient (Wildman–Crippen LogP) is 3.78. The van der Waals surface area contributed by atoms with E-state index in [4.69, 9.17) is 10.5 Å². The van der Waals surface area contributed by atoms with E-state index < -0.39 is 11.4 Å². The van der Waals surface area contributed by atoms with Crippen LogP contribution in [0.25, 0.3) is 10.1 Å². The molecule has 3 rings (SSSR count). The van der Waals surface area contributed by atoms with E-state index in [1.165, 1.54) is 11.3 Å². The molecule has 1 aromatic heterocycles. The summed E-state index contributed by atoms with van der Waals surface area (Å²) in [7, 11) is 0. The van der Waals surface area contributed by atoms with Gasteiger partial charge < -0.3 is 15.8 Å². The van der Waals surface area contributed by atoms with Gasteiger partial charge in [-0.3, -0.25) is 9.59 Å². The molecule has 3 aromatic rings. The number of primary amides is 1. The van der Waals surface area contributed by atoms with E-state index in [9.17, 15) is 9.59 Å². The predicted molar refractivity (Wildman–Crippen MR) is 108 cm³/mol. The molecule has 0 aliphatic heterocycles. The lowest BCUT2D eigenvalue weighted by Crippen LogP contribution is -2.53.